The number of amidine groups is 2. The number of rotatable bonds is 21. The van der Waals surface area contributed by atoms with Crippen molar-refractivity contribution in [1.29, 1.82) is 10.8 Å². The van der Waals surface area contributed by atoms with Crippen LogP contribution in [-0.2, 0) is 19.0 Å². The molecule has 0 spiro atoms. The van der Waals surface area contributed by atoms with Gasteiger partial charge in [0.15, 0.2) is 5.84 Å². The SMILES string of the molecule is CCOC(=O)COCCOCCCCCCOc1cccc([C@@H](C)NC(=O)c2cccc(NCC(=N)N(C)C(=N)c3ccncn3)c2)c1. The van der Waals surface area contributed by atoms with E-state index in [4.69, 9.17) is 29.8 Å². The largest absolute Gasteiger partial charge is 0.494 e. The van der Waals surface area contributed by atoms with Gasteiger partial charge in [-0.1, -0.05) is 24.6 Å². The quantitative estimate of drug-likeness (QED) is 0.0535. The molecule has 0 aliphatic rings. The first-order valence-electron chi connectivity index (χ1n) is 16.1. The van der Waals surface area contributed by atoms with Crippen LogP contribution in [0.25, 0.3) is 0 Å². The van der Waals surface area contributed by atoms with Crippen molar-refractivity contribution in [2.24, 2.45) is 0 Å². The number of unbranched alkanes of at least 4 members (excludes halogenated alkanes) is 3. The summed E-state index contributed by atoms with van der Waals surface area (Å²) in [4.78, 5) is 33.6. The lowest BCUT2D eigenvalue weighted by Crippen LogP contribution is -2.37. The van der Waals surface area contributed by atoms with Crippen molar-refractivity contribution in [3.8, 4) is 5.75 Å². The topological polar surface area (TPSA) is 172 Å². The van der Waals surface area contributed by atoms with Crippen molar-refractivity contribution < 1.29 is 28.5 Å². The molecule has 0 aliphatic heterocycles. The molecule has 13 heteroatoms. The van der Waals surface area contributed by atoms with Crippen molar-refractivity contribution in [3.05, 3.63) is 83.9 Å². The molecule has 1 aromatic heterocycles. The third-order valence-electron chi connectivity index (χ3n) is 7.20. The number of carbonyl (C=O) groups is 2. The number of benzene rings is 2. The fourth-order valence-corrected chi connectivity index (χ4v) is 4.48. The lowest BCUT2D eigenvalue weighted by Gasteiger charge is -2.21. The zero-order valence-corrected chi connectivity index (χ0v) is 28.0. The summed E-state index contributed by atoms with van der Waals surface area (Å²) >= 11 is 0. The van der Waals surface area contributed by atoms with Crippen LogP contribution in [0.4, 0.5) is 5.69 Å². The van der Waals surface area contributed by atoms with Crippen molar-refractivity contribution in [2.45, 2.75) is 45.6 Å². The number of amides is 1. The molecule has 2 aromatic carbocycles. The van der Waals surface area contributed by atoms with E-state index in [1.54, 1.807) is 44.4 Å². The third kappa shape index (κ3) is 13.5. The number of aromatic nitrogens is 2. The Morgan fingerprint density at radius 2 is 1.71 bits per heavy atom. The molecule has 0 bridgehead atoms. The Bertz CT molecular complexity index is 1460. The van der Waals surface area contributed by atoms with Gasteiger partial charge in [0.05, 0.1) is 39.0 Å². The van der Waals surface area contributed by atoms with Gasteiger partial charge in [-0.3, -0.25) is 15.6 Å². The molecule has 0 aliphatic carbocycles. The molecule has 0 unspecified atom stereocenters. The second-order valence-electron chi connectivity index (χ2n) is 10.9. The lowest BCUT2D eigenvalue weighted by atomic mass is 10.1. The number of anilines is 1. The Morgan fingerprint density at radius 3 is 2.48 bits per heavy atom. The van der Waals surface area contributed by atoms with Crippen LogP contribution in [0, 0.1) is 10.8 Å². The van der Waals surface area contributed by atoms with E-state index in [0.717, 1.165) is 37.0 Å². The van der Waals surface area contributed by atoms with E-state index in [-0.39, 0.29) is 42.7 Å². The highest BCUT2D eigenvalue weighted by molar-refractivity contribution is 6.06. The second-order valence-corrected chi connectivity index (χ2v) is 10.9. The van der Waals surface area contributed by atoms with Crippen LogP contribution in [0.5, 0.6) is 5.75 Å². The Kier molecular flexibility index (Phi) is 16.5. The zero-order chi connectivity index (χ0) is 34.6. The van der Waals surface area contributed by atoms with Gasteiger partial charge in [0.2, 0.25) is 0 Å². The van der Waals surface area contributed by atoms with Crippen LogP contribution in [0.3, 0.4) is 0 Å². The average Bonchev–Trinajstić information content (AvgIpc) is 3.11. The minimum Gasteiger partial charge on any atom is -0.494 e. The predicted octanol–water partition coefficient (Wildman–Crippen LogP) is 4.85. The molecular formula is C35H47N7O6. The lowest BCUT2D eigenvalue weighted by molar-refractivity contribution is -0.148. The molecule has 0 radical (unpaired) electrons. The van der Waals surface area contributed by atoms with Crippen LogP contribution in [0.2, 0.25) is 0 Å². The first kappa shape index (κ1) is 37.6. The fourth-order valence-electron chi connectivity index (χ4n) is 4.48. The van der Waals surface area contributed by atoms with Crippen LogP contribution >= 0.6 is 0 Å². The van der Waals surface area contributed by atoms with E-state index in [9.17, 15) is 9.59 Å². The maximum atomic E-state index is 13.1. The molecule has 0 fully saturated rings. The van der Waals surface area contributed by atoms with Crippen molar-refractivity contribution in [3.63, 3.8) is 0 Å². The summed E-state index contributed by atoms with van der Waals surface area (Å²) in [5.74, 6) is 0.434. The molecule has 0 saturated heterocycles. The minimum absolute atomic E-state index is 0.0459. The van der Waals surface area contributed by atoms with Gasteiger partial charge in [-0.25, -0.2) is 14.8 Å². The van der Waals surface area contributed by atoms with Gasteiger partial charge in [-0.05, 0) is 75.1 Å². The van der Waals surface area contributed by atoms with Crippen LogP contribution in [-0.4, -0.2) is 91.6 Å². The van der Waals surface area contributed by atoms with Crippen molar-refractivity contribution >= 4 is 29.2 Å². The van der Waals surface area contributed by atoms with E-state index in [1.807, 2.05) is 37.3 Å². The second kappa shape index (κ2) is 21.1. The summed E-state index contributed by atoms with van der Waals surface area (Å²) in [5, 5.41) is 22.9. The molecule has 1 heterocycles. The number of nitrogens with one attached hydrogen (secondary N) is 4. The molecule has 4 N–H and O–H groups in total. The predicted molar refractivity (Wildman–Crippen MR) is 184 cm³/mol. The number of esters is 1. The molecule has 1 amide bonds. The van der Waals surface area contributed by atoms with Gasteiger partial charge in [-0.2, -0.15) is 0 Å². The number of carbonyl (C=O) groups excluding carboxylic acids is 2. The Morgan fingerprint density at radius 1 is 0.938 bits per heavy atom. The maximum absolute atomic E-state index is 13.1. The first-order valence-corrected chi connectivity index (χ1v) is 16.1. The smallest absolute Gasteiger partial charge is 0.332 e. The highest BCUT2D eigenvalue weighted by Gasteiger charge is 2.15. The third-order valence-corrected chi connectivity index (χ3v) is 7.20. The highest BCUT2D eigenvalue weighted by atomic mass is 16.6. The molecule has 0 saturated carbocycles. The van der Waals surface area contributed by atoms with Crippen molar-refractivity contribution in [1.82, 2.24) is 20.2 Å². The molecule has 3 rings (SSSR count). The summed E-state index contributed by atoms with van der Waals surface area (Å²) < 4.78 is 21.5. The van der Waals surface area contributed by atoms with Gasteiger partial charge < -0.3 is 34.5 Å². The minimum atomic E-state index is -0.361. The van der Waals surface area contributed by atoms with Gasteiger partial charge >= 0.3 is 5.97 Å². The van der Waals surface area contributed by atoms with E-state index < -0.39 is 0 Å². The number of nitrogens with zero attached hydrogens (tertiary/aromatic N) is 3. The van der Waals surface area contributed by atoms with E-state index >= 15 is 0 Å². The summed E-state index contributed by atoms with van der Waals surface area (Å²) in [7, 11) is 1.64. The number of likely N-dealkylation sites (N-methyl/N-ethyl adjacent to an activating group) is 1. The summed E-state index contributed by atoms with van der Waals surface area (Å²) in [5.41, 5.74) is 2.52. The number of hydrogen-bond acceptors (Lipinski definition) is 11. The van der Waals surface area contributed by atoms with Gasteiger partial charge in [-0.15, -0.1) is 0 Å². The van der Waals surface area contributed by atoms with E-state index in [1.165, 1.54) is 11.2 Å². The van der Waals surface area contributed by atoms with Gasteiger partial charge in [0.25, 0.3) is 5.91 Å². The molecule has 13 nitrogen and oxygen atoms in total. The highest BCUT2D eigenvalue weighted by Crippen LogP contribution is 2.21. The number of hydrogen-bond donors (Lipinski definition) is 4. The van der Waals surface area contributed by atoms with E-state index in [2.05, 4.69) is 20.6 Å². The molecule has 258 valence electrons. The summed E-state index contributed by atoms with van der Waals surface area (Å²) in [6, 6.07) is 16.2. The van der Waals surface area contributed by atoms with E-state index in [0.29, 0.717) is 50.0 Å². The zero-order valence-electron chi connectivity index (χ0n) is 28.0. The Balaban J connectivity index is 1.34. The molecule has 48 heavy (non-hydrogen) atoms. The van der Waals surface area contributed by atoms with Gasteiger partial charge in [0, 0.05) is 31.1 Å². The molecule has 1 atom stereocenters. The first-order chi connectivity index (χ1) is 23.3. The summed E-state index contributed by atoms with van der Waals surface area (Å²) in [6.07, 6.45) is 6.83. The average molecular weight is 662 g/mol. The normalized spacial score (nSPS) is 11.3. The number of ether oxygens (including phenoxy) is 4. The van der Waals surface area contributed by atoms with Gasteiger partial charge in [0.1, 0.15) is 30.2 Å². The standard InChI is InChI=1S/C35H47N7O6/c1-4-47-33(43)24-46-20-19-45-17-7-5-6-8-18-48-30-14-10-11-27(22-30)26(2)41-35(44)28-12-9-13-29(21-28)39-23-32(36)42(3)34(37)31-15-16-38-25-40-31/h9-16,21-22,25-26,36-37,39H,4-8,17-20,23-24H2,1-3H3,(H,41,44)/t26-/m1/s1. The molecular weight excluding hydrogens is 614 g/mol. The molecule has 3 aromatic rings. The summed E-state index contributed by atoms with van der Waals surface area (Å²) in [6.45, 7) is 6.21. The fraction of sp³-hybridized carbons (Fsp3) is 0.429. The monoisotopic (exact) mass is 661 g/mol. The van der Waals surface area contributed by atoms with Crippen LogP contribution < -0.4 is 15.4 Å². The van der Waals surface area contributed by atoms with Crippen molar-refractivity contribution in [2.75, 3.05) is 58.6 Å². The maximum Gasteiger partial charge on any atom is 0.332 e. The van der Waals surface area contributed by atoms with Crippen LogP contribution in [0.15, 0.2) is 67.1 Å². The Labute approximate surface area is 282 Å². The van der Waals surface area contributed by atoms with Crippen LogP contribution in [0.1, 0.15) is 67.2 Å². The Hall–Kier alpha value is -4.88.